The average molecular weight is 252 g/mol. The lowest BCUT2D eigenvalue weighted by molar-refractivity contribution is 0.273. The van der Waals surface area contributed by atoms with E-state index in [2.05, 4.69) is 56.3 Å². The van der Waals surface area contributed by atoms with Crippen molar-refractivity contribution in [3.8, 4) is 0 Å². The molecule has 0 saturated carbocycles. The molecule has 96 valence electrons. The zero-order valence-electron chi connectivity index (χ0n) is 11.4. The number of nitrogens with two attached hydrogens (primary N) is 1. The Bertz CT molecular complexity index is 327. The normalized spacial score (nSPS) is 12.1. The first-order chi connectivity index (χ1) is 7.90. The molecule has 0 aliphatic rings. The van der Waals surface area contributed by atoms with E-state index >= 15 is 0 Å². The Morgan fingerprint density at radius 1 is 1.24 bits per heavy atom. The van der Waals surface area contributed by atoms with Gasteiger partial charge in [0.25, 0.3) is 0 Å². The maximum absolute atomic E-state index is 6.00. The van der Waals surface area contributed by atoms with Crippen LogP contribution in [0.3, 0.4) is 0 Å². The van der Waals surface area contributed by atoms with Crippen LogP contribution in [0.5, 0.6) is 0 Å². The van der Waals surface area contributed by atoms with Crippen molar-refractivity contribution in [1.82, 2.24) is 4.90 Å². The van der Waals surface area contributed by atoms with E-state index in [0.717, 1.165) is 19.5 Å². The Labute approximate surface area is 110 Å². The quantitative estimate of drug-likeness (QED) is 0.789. The molecule has 3 heteroatoms. The van der Waals surface area contributed by atoms with Gasteiger partial charge in [0, 0.05) is 23.5 Å². The van der Waals surface area contributed by atoms with Crippen molar-refractivity contribution >= 4 is 11.8 Å². The molecule has 17 heavy (non-hydrogen) atoms. The molecule has 0 spiro atoms. The molecule has 2 nitrogen and oxygen atoms in total. The third-order valence-electron chi connectivity index (χ3n) is 2.62. The zero-order chi connectivity index (χ0) is 12.9. The largest absolute Gasteiger partial charge is 0.324 e. The van der Waals surface area contributed by atoms with Crippen LogP contribution in [0.25, 0.3) is 0 Å². The second kappa shape index (κ2) is 6.43. The van der Waals surface area contributed by atoms with E-state index in [1.54, 1.807) is 11.8 Å². The molecular formula is C14H24N2S. The van der Waals surface area contributed by atoms with Crippen molar-refractivity contribution in [3.63, 3.8) is 0 Å². The van der Waals surface area contributed by atoms with E-state index < -0.39 is 0 Å². The van der Waals surface area contributed by atoms with Crippen molar-refractivity contribution in [2.24, 2.45) is 5.73 Å². The van der Waals surface area contributed by atoms with Gasteiger partial charge in [0.2, 0.25) is 0 Å². The van der Waals surface area contributed by atoms with Crippen LogP contribution < -0.4 is 5.73 Å². The summed E-state index contributed by atoms with van der Waals surface area (Å²) >= 11 is 1.78. The van der Waals surface area contributed by atoms with E-state index in [1.165, 1.54) is 10.5 Å². The summed E-state index contributed by atoms with van der Waals surface area (Å²) < 4.78 is 0. The highest BCUT2D eigenvalue weighted by Crippen LogP contribution is 2.15. The Kier molecular flexibility index (Phi) is 5.50. The molecule has 0 unspecified atom stereocenters. The Hall–Kier alpha value is -0.510. The molecule has 0 aliphatic carbocycles. The van der Waals surface area contributed by atoms with Crippen LogP contribution in [0.4, 0.5) is 0 Å². The SMILES string of the molecule is CSc1ccc(CCN(C)CC(C)(C)N)cc1. The predicted octanol–water partition coefficient (Wildman–Crippen LogP) is 2.62. The fourth-order valence-corrected chi connectivity index (χ4v) is 2.30. The van der Waals surface area contributed by atoms with Crippen LogP contribution in [0.15, 0.2) is 29.2 Å². The van der Waals surface area contributed by atoms with E-state index in [9.17, 15) is 0 Å². The average Bonchev–Trinajstić information content (AvgIpc) is 2.25. The van der Waals surface area contributed by atoms with Crippen molar-refractivity contribution in [1.29, 1.82) is 0 Å². The van der Waals surface area contributed by atoms with Gasteiger partial charge in [-0.25, -0.2) is 0 Å². The molecule has 0 heterocycles. The molecule has 0 radical (unpaired) electrons. The van der Waals surface area contributed by atoms with E-state index in [0.29, 0.717) is 0 Å². The maximum atomic E-state index is 6.00. The fraction of sp³-hybridized carbons (Fsp3) is 0.571. The molecule has 2 N–H and O–H groups in total. The van der Waals surface area contributed by atoms with Crippen LogP contribution in [-0.4, -0.2) is 36.8 Å². The zero-order valence-corrected chi connectivity index (χ0v) is 12.2. The van der Waals surface area contributed by atoms with Crippen LogP contribution in [0, 0.1) is 0 Å². The lowest BCUT2D eigenvalue weighted by Crippen LogP contribution is -2.44. The van der Waals surface area contributed by atoms with Crippen LogP contribution in [-0.2, 0) is 6.42 Å². The van der Waals surface area contributed by atoms with E-state index in [-0.39, 0.29) is 5.54 Å². The lowest BCUT2D eigenvalue weighted by Gasteiger charge is -2.26. The van der Waals surface area contributed by atoms with Gasteiger partial charge >= 0.3 is 0 Å². The third-order valence-corrected chi connectivity index (χ3v) is 3.36. The number of likely N-dealkylation sites (N-methyl/N-ethyl adjacent to an activating group) is 1. The molecule has 1 aromatic carbocycles. The first-order valence-electron chi connectivity index (χ1n) is 6.01. The minimum absolute atomic E-state index is 0.114. The van der Waals surface area contributed by atoms with Gasteiger partial charge in [-0.2, -0.15) is 0 Å². The minimum Gasteiger partial charge on any atom is -0.324 e. The molecule has 0 fully saturated rings. The summed E-state index contributed by atoms with van der Waals surface area (Å²) in [6.45, 7) is 6.11. The maximum Gasteiger partial charge on any atom is 0.0225 e. The number of thioether (sulfide) groups is 1. The van der Waals surface area contributed by atoms with Gasteiger partial charge in [0.05, 0.1) is 0 Å². The second-order valence-electron chi connectivity index (χ2n) is 5.32. The van der Waals surface area contributed by atoms with E-state index in [4.69, 9.17) is 5.73 Å². The van der Waals surface area contributed by atoms with Gasteiger partial charge in [-0.05, 0) is 51.3 Å². The summed E-state index contributed by atoms with van der Waals surface area (Å²) in [6, 6.07) is 8.81. The molecular weight excluding hydrogens is 228 g/mol. The van der Waals surface area contributed by atoms with Crippen molar-refractivity contribution in [3.05, 3.63) is 29.8 Å². The smallest absolute Gasteiger partial charge is 0.0225 e. The monoisotopic (exact) mass is 252 g/mol. The predicted molar refractivity (Wildman–Crippen MR) is 77.7 cm³/mol. The van der Waals surface area contributed by atoms with E-state index in [1.807, 2.05) is 0 Å². The van der Waals surface area contributed by atoms with Crippen molar-refractivity contribution < 1.29 is 0 Å². The second-order valence-corrected chi connectivity index (χ2v) is 6.20. The first kappa shape index (κ1) is 14.6. The van der Waals surface area contributed by atoms with Crippen molar-refractivity contribution in [2.75, 3.05) is 26.4 Å². The molecule has 0 atom stereocenters. The van der Waals surface area contributed by atoms with Gasteiger partial charge in [0.15, 0.2) is 0 Å². The number of rotatable bonds is 6. The lowest BCUT2D eigenvalue weighted by atomic mass is 10.1. The number of hydrogen-bond acceptors (Lipinski definition) is 3. The summed E-state index contributed by atoms with van der Waals surface area (Å²) in [7, 11) is 2.13. The van der Waals surface area contributed by atoms with Crippen LogP contribution >= 0.6 is 11.8 Å². The molecule has 1 aromatic rings. The third kappa shape index (κ3) is 6.10. The molecule has 0 aromatic heterocycles. The number of benzene rings is 1. The first-order valence-corrected chi connectivity index (χ1v) is 7.23. The van der Waals surface area contributed by atoms with Crippen molar-refractivity contribution in [2.45, 2.75) is 30.7 Å². The van der Waals surface area contributed by atoms with Crippen LogP contribution in [0.1, 0.15) is 19.4 Å². The van der Waals surface area contributed by atoms with Crippen LogP contribution in [0.2, 0.25) is 0 Å². The Balaban J connectivity index is 2.39. The highest BCUT2D eigenvalue weighted by atomic mass is 32.2. The molecule has 1 rings (SSSR count). The molecule has 0 aliphatic heterocycles. The summed E-state index contributed by atoms with van der Waals surface area (Å²) in [5, 5.41) is 0. The number of nitrogens with zero attached hydrogens (tertiary/aromatic N) is 1. The summed E-state index contributed by atoms with van der Waals surface area (Å²) in [5.41, 5.74) is 7.28. The Morgan fingerprint density at radius 2 is 1.82 bits per heavy atom. The Morgan fingerprint density at radius 3 is 2.29 bits per heavy atom. The molecule has 0 saturated heterocycles. The molecule has 0 amide bonds. The minimum atomic E-state index is -0.114. The highest BCUT2D eigenvalue weighted by molar-refractivity contribution is 7.98. The number of hydrogen-bond donors (Lipinski definition) is 1. The summed E-state index contributed by atoms with van der Waals surface area (Å²) in [5.74, 6) is 0. The standard InChI is InChI=1S/C14H24N2S/c1-14(2,15)11-16(3)10-9-12-5-7-13(17-4)8-6-12/h5-8H,9-11,15H2,1-4H3. The topological polar surface area (TPSA) is 29.3 Å². The van der Waals surface area contributed by atoms with Gasteiger partial charge in [-0.1, -0.05) is 12.1 Å². The highest BCUT2D eigenvalue weighted by Gasteiger charge is 2.13. The van der Waals surface area contributed by atoms with Gasteiger partial charge in [0.1, 0.15) is 0 Å². The van der Waals surface area contributed by atoms with Gasteiger partial charge < -0.3 is 10.6 Å². The summed E-state index contributed by atoms with van der Waals surface area (Å²) in [6.07, 6.45) is 3.19. The molecule has 0 bridgehead atoms. The van der Waals surface area contributed by atoms with Gasteiger partial charge in [-0.3, -0.25) is 0 Å². The van der Waals surface area contributed by atoms with Gasteiger partial charge in [-0.15, -0.1) is 11.8 Å². The summed E-state index contributed by atoms with van der Waals surface area (Å²) in [4.78, 5) is 3.62. The fourth-order valence-electron chi connectivity index (χ4n) is 1.89.